The minimum absolute atomic E-state index is 0.0152. The number of rotatable bonds is 6. The molecule has 2 aliphatic rings. The lowest BCUT2D eigenvalue weighted by atomic mass is 9.90. The number of amides is 1. The average molecular weight is 413 g/mol. The lowest BCUT2D eigenvalue weighted by Gasteiger charge is -2.28. The van der Waals surface area contributed by atoms with Gasteiger partial charge < -0.3 is 15.0 Å². The fourth-order valence-electron chi connectivity index (χ4n) is 4.23. The van der Waals surface area contributed by atoms with Gasteiger partial charge in [0.2, 0.25) is 0 Å². The van der Waals surface area contributed by atoms with Gasteiger partial charge in [0.1, 0.15) is 5.82 Å². The number of aromatic nitrogens is 2. The number of benzene rings is 1. The Kier molecular flexibility index (Phi) is 6.29. The second-order valence-electron chi connectivity index (χ2n) is 8.05. The molecule has 1 aliphatic carbocycles. The van der Waals surface area contributed by atoms with Crippen LogP contribution in [0.4, 0.5) is 4.39 Å². The van der Waals surface area contributed by atoms with Gasteiger partial charge in [-0.3, -0.25) is 9.48 Å². The van der Waals surface area contributed by atoms with Gasteiger partial charge >= 0.3 is 0 Å². The van der Waals surface area contributed by atoms with Gasteiger partial charge in [0.25, 0.3) is 5.91 Å². The lowest BCUT2D eigenvalue weighted by Crippen LogP contribution is -2.41. The number of allylic oxidation sites excluding steroid dienone is 1. The minimum atomic E-state index is -0.177. The van der Waals surface area contributed by atoms with Crippen molar-refractivity contribution in [2.45, 2.75) is 45.3 Å². The molecule has 1 atom stereocenters. The van der Waals surface area contributed by atoms with E-state index in [-0.39, 0.29) is 17.8 Å². The maximum absolute atomic E-state index is 13.8. The van der Waals surface area contributed by atoms with E-state index < -0.39 is 0 Å². The number of hydrogen-bond acceptors (Lipinski definition) is 4. The Balaban J connectivity index is 1.51. The summed E-state index contributed by atoms with van der Waals surface area (Å²) in [6.45, 7) is 9.13. The molecule has 4 rings (SSSR count). The molecule has 1 aromatic heterocycles. The van der Waals surface area contributed by atoms with Crippen molar-refractivity contribution in [3.05, 3.63) is 64.7 Å². The zero-order valence-corrected chi connectivity index (χ0v) is 17.5. The summed E-state index contributed by atoms with van der Waals surface area (Å²) < 4.78 is 21.1. The number of aryl methyl sites for hydroxylation is 1. The first-order valence-electron chi connectivity index (χ1n) is 10.6. The Labute approximate surface area is 176 Å². The number of hydrogen-bond donors (Lipinski definition) is 1. The van der Waals surface area contributed by atoms with Gasteiger partial charge in [-0.05, 0) is 43.4 Å². The summed E-state index contributed by atoms with van der Waals surface area (Å²) in [6.07, 6.45) is 4.36. The van der Waals surface area contributed by atoms with Crippen LogP contribution >= 0.6 is 0 Å². The van der Waals surface area contributed by atoms with E-state index in [0.717, 1.165) is 36.1 Å². The third kappa shape index (κ3) is 4.32. The number of nitrogens with zero attached hydrogens (tertiary/aromatic N) is 3. The van der Waals surface area contributed by atoms with Crippen LogP contribution in [-0.4, -0.2) is 52.9 Å². The molecule has 1 N–H and O–H groups in total. The SMILES string of the molecule is C=CCn1nc(C(=O)N2CCOCC2)c2c1CC[C@H](NCc1ccc(C)c(F)c1)C2. The number of fused-ring (bicyclic) bond motifs is 1. The normalized spacial score (nSPS) is 18.9. The number of morpholine rings is 1. The molecular weight excluding hydrogens is 383 g/mol. The highest BCUT2D eigenvalue weighted by molar-refractivity contribution is 5.94. The van der Waals surface area contributed by atoms with Gasteiger partial charge in [-0.15, -0.1) is 6.58 Å². The van der Waals surface area contributed by atoms with Crippen LogP contribution in [-0.2, 0) is 30.7 Å². The highest BCUT2D eigenvalue weighted by Crippen LogP contribution is 2.26. The topological polar surface area (TPSA) is 59.4 Å². The molecule has 0 saturated carbocycles. The van der Waals surface area contributed by atoms with Crippen molar-refractivity contribution in [3.63, 3.8) is 0 Å². The fraction of sp³-hybridized carbons (Fsp3) is 0.478. The van der Waals surface area contributed by atoms with E-state index in [0.29, 0.717) is 50.7 Å². The Hall–Kier alpha value is -2.51. The third-order valence-corrected chi connectivity index (χ3v) is 5.98. The van der Waals surface area contributed by atoms with E-state index in [1.54, 1.807) is 13.0 Å². The molecule has 7 heteroatoms. The zero-order valence-electron chi connectivity index (χ0n) is 17.5. The first-order chi connectivity index (χ1) is 14.6. The van der Waals surface area contributed by atoms with Crippen molar-refractivity contribution in [1.82, 2.24) is 20.0 Å². The van der Waals surface area contributed by atoms with E-state index in [1.807, 2.05) is 27.8 Å². The number of carbonyl (C=O) groups is 1. The van der Waals surface area contributed by atoms with E-state index in [9.17, 15) is 9.18 Å². The second kappa shape index (κ2) is 9.10. The Morgan fingerprint density at radius 3 is 2.93 bits per heavy atom. The van der Waals surface area contributed by atoms with Crippen molar-refractivity contribution in [2.75, 3.05) is 26.3 Å². The predicted molar refractivity (Wildman–Crippen MR) is 113 cm³/mol. The number of carbonyl (C=O) groups excluding carboxylic acids is 1. The van der Waals surface area contributed by atoms with Crippen LogP contribution < -0.4 is 5.32 Å². The van der Waals surface area contributed by atoms with Gasteiger partial charge in [-0.1, -0.05) is 18.2 Å². The summed E-state index contributed by atoms with van der Waals surface area (Å²) in [5.74, 6) is -0.192. The molecule has 1 aromatic carbocycles. The number of halogens is 1. The van der Waals surface area contributed by atoms with Crippen LogP contribution in [0.3, 0.4) is 0 Å². The maximum Gasteiger partial charge on any atom is 0.274 e. The van der Waals surface area contributed by atoms with E-state index in [2.05, 4.69) is 17.0 Å². The Morgan fingerprint density at radius 1 is 1.40 bits per heavy atom. The van der Waals surface area contributed by atoms with Gasteiger partial charge in [-0.25, -0.2) is 4.39 Å². The van der Waals surface area contributed by atoms with Gasteiger partial charge in [0.15, 0.2) is 5.69 Å². The van der Waals surface area contributed by atoms with Gasteiger partial charge in [-0.2, -0.15) is 5.10 Å². The monoisotopic (exact) mass is 412 g/mol. The number of ether oxygens (including phenoxy) is 1. The van der Waals surface area contributed by atoms with Crippen LogP contribution in [0, 0.1) is 12.7 Å². The molecule has 0 bridgehead atoms. The van der Waals surface area contributed by atoms with E-state index in [4.69, 9.17) is 4.74 Å². The zero-order chi connectivity index (χ0) is 21.1. The predicted octanol–water partition coefficient (Wildman–Crippen LogP) is 2.64. The van der Waals surface area contributed by atoms with Gasteiger partial charge in [0, 0.05) is 36.9 Å². The van der Waals surface area contributed by atoms with Crippen molar-refractivity contribution in [2.24, 2.45) is 0 Å². The molecule has 6 nitrogen and oxygen atoms in total. The molecule has 1 amide bonds. The van der Waals surface area contributed by atoms with E-state index in [1.165, 1.54) is 0 Å². The Bertz CT molecular complexity index is 934. The molecule has 0 unspecified atom stereocenters. The second-order valence-corrected chi connectivity index (χ2v) is 8.05. The van der Waals surface area contributed by atoms with Crippen molar-refractivity contribution >= 4 is 5.91 Å². The third-order valence-electron chi connectivity index (χ3n) is 5.98. The molecule has 2 heterocycles. The van der Waals surface area contributed by atoms with Crippen molar-refractivity contribution < 1.29 is 13.9 Å². The summed E-state index contributed by atoms with van der Waals surface area (Å²) in [7, 11) is 0. The molecule has 160 valence electrons. The molecule has 0 radical (unpaired) electrons. The maximum atomic E-state index is 13.8. The number of nitrogens with one attached hydrogen (secondary N) is 1. The minimum Gasteiger partial charge on any atom is -0.378 e. The van der Waals surface area contributed by atoms with Crippen molar-refractivity contribution in [1.29, 1.82) is 0 Å². The lowest BCUT2D eigenvalue weighted by molar-refractivity contribution is 0.0297. The molecule has 0 spiro atoms. The molecule has 1 fully saturated rings. The largest absolute Gasteiger partial charge is 0.378 e. The van der Waals surface area contributed by atoms with Crippen LogP contribution in [0.2, 0.25) is 0 Å². The molecular formula is C23H29FN4O2. The van der Waals surface area contributed by atoms with E-state index >= 15 is 0 Å². The van der Waals surface area contributed by atoms with Crippen molar-refractivity contribution in [3.8, 4) is 0 Å². The summed E-state index contributed by atoms with van der Waals surface area (Å²) >= 11 is 0. The fourth-order valence-corrected chi connectivity index (χ4v) is 4.23. The quantitative estimate of drug-likeness (QED) is 0.741. The highest BCUT2D eigenvalue weighted by atomic mass is 19.1. The smallest absolute Gasteiger partial charge is 0.274 e. The molecule has 30 heavy (non-hydrogen) atoms. The summed E-state index contributed by atoms with van der Waals surface area (Å²) in [6, 6.07) is 5.57. The summed E-state index contributed by atoms with van der Waals surface area (Å²) in [5.41, 5.74) is 4.30. The standard InChI is InChI=1S/C23H29FN4O2/c1-3-8-28-21-7-6-18(25-15-17-5-4-16(2)20(24)13-17)14-19(21)22(26-28)23(29)27-9-11-30-12-10-27/h3-5,13,18,25H,1,6-12,14-15H2,2H3/t18-/m0/s1. The Morgan fingerprint density at radius 2 is 2.20 bits per heavy atom. The first kappa shape index (κ1) is 20.8. The first-order valence-corrected chi connectivity index (χ1v) is 10.6. The summed E-state index contributed by atoms with van der Waals surface area (Å²) in [4.78, 5) is 15.0. The molecule has 1 saturated heterocycles. The highest BCUT2D eigenvalue weighted by Gasteiger charge is 2.31. The summed E-state index contributed by atoms with van der Waals surface area (Å²) in [5, 5.41) is 8.21. The molecule has 1 aliphatic heterocycles. The van der Waals surface area contributed by atoms with Crippen LogP contribution in [0.5, 0.6) is 0 Å². The van der Waals surface area contributed by atoms with Crippen LogP contribution in [0.25, 0.3) is 0 Å². The van der Waals surface area contributed by atoms with Crippen LogP contribution in [0.15, 0.2) is 30.9 Å². The van der Waals surface area contributed by atoms with Crippen LogP contribution in [0.1, 0.15) is 39.3 Å². The van der Waals surface area contributed by atoms with Gasteiger partial charge in [0.05, 0.1) is 19.8 Å². The molecule has 2 aromatic rings. The average Bonchev–Trinajstić information content (AvgIpc) is 3.12.